The number of amides is 1. The molecule has 0 aromatic heterocycles. The molecule has 1 aromatic carbocycles. The van der Waals surface area contributed by atoms with Crippen LogP contribution in [0.25, 0.3) is 0 Å². The summed E-state index contributed by atoms with van der Waals surface area (Å²) in [5, 5.41) is 18.7. The van der Waals surface area contributed by atoms with Crippen molar-refractivity contribution >= 4 is 11.9 Å². The Morgan fingerprint density at radius 1 is 1.32 bits per heavy atom. The molecule has 102 valence electrons. The lowest BCUT2D eigenvalue weighted by Crippen LogP contribution is -2.40. The van der Waals surface area contributed by atoms with Gasteiger partial charge in [-0.25, -0.2) is 4.79 Å². The van der Waals surface area contributed by atoms with E-state index in [2.05, 4.69) is 0 Å². The Morgan fingerprint density at radius 2 is 2.00 bits per heavy atom. The van der Waals surface area contributed by atoms with Crippen LogP contribution in [0.2, 0.25) is 0 Å². The van der Waals surface area contributed by atoms with Gasteiger partial charge in [0.2, 0.25) is 0 Å². The van der Waals surface area contributed by atoms with Crippen molar-refractivity contribution in [1.82, 2.24) is 4.90 Å². The fourth-order valence-electron chi connectivity index (χ4n) is 2.48. The van der Waals surface area contributed by atoms with Crippen molar-refractivity contribution in [2.45, 2.75) is 32.4 Å². The highest BCUT2D eigenvalue weighted by molar-refractivity contribution is 5.98. The second-order valence-electron chi connectivity index (χ2n) is 5.02. The molecule has 1 amide bonds. The summed E-state index contributed by atoms with van der Waals surface area (Å²) < 4.78 is 0. The first-order valence-corrected chi connectivity index (χ1v) is 6.19. The SMILES string of the molecule is Cc1ccc(C(=O)N2CC(O)CC2C(=O)O)c(C)c1. The zero-order valence-electron chi connectivity index (χ0n) is 11.0. The molecule has 2 atom stereocenters. The Kier molecular flexibility index (Phi) is 3.57. The van der Waals surface area contributed by atoms with Gasteiger partial charge in [0.1, 0.15) is 6.04 Å². The molecule has 0 radical (unpaired) electrons. The normalized spacial score (nSPS) is 22.6. The molecule has 0 spiro atoms. The largest absolute Gasteiger partial charge is 0.480 e. The minimum atomic E-state index is -1.07. The molecule has 5 nitrogen and oxygen atoms in total. The summed E-state index contributed by atoms with van der Waals surface area (Å²) in [5.41, 5.74) is 2.35. The van der Waals surface area contributed by atoms with Crippen LogP contribution in [-0.4, -0.2) is 45.7 Å². The maximum absolute atomic E-state index is 12.4. The Balaban J connectivity index is 2.30. The van der Waals surface area contributed by atoms with Crippen LogP contribution in [0, 0.1) is 13.8 Å². The maximum atomic E-state index is 12.4. The van der Waals surface area contributed by atoms with E-state index in [9.17, 15) is 14.7 Å². The number of β-amino-alcohol motifs (C(OH)–C–C–N with tert-alkyl or cyclic N) is 1. The van der Waals surface area contributed by atoms with Gasteiger partial charge in [-0.15, -0.1) is 0 Å². The lowest BCUT2D eigenvalue weighted by molar-refractivity contribution is -0.141. The summed E-state index contributed by atoms with van der Waals surface area (Å²) in [5.74, 6) is -1.41. The van der Waals surface area contributed by atoms with Gasteiger partial charge in [-0.3, -0.25) is 4.79 Å². The van der Waals surface area contributed by atoms with E-state index in [1.54, 1.807) is 6.07 Å². The van der Waals surface area contributed by atoms with Crippen molar-refractivity contribution < 1.29 is 19.8 Å². The summed E-state index contributed by atoms with van der Waals surface area (Å²) in [6, 6.07) is 4.47. The van der Waals surface area contributed by atoms with Gasteiger partial charge in [0.15, 0.2) is 0 Å². The van der Waals surface area contributed by atoms with Crippen LogP contribution < -0.4 is 0 Å². The number of hydrogen-bond donors (Lipinski definition) is 2. The van der Waals surface area contributed by atoms with Gasteiger partial charge < -0.3 is 15.1 Å². The van der Waals surface area contributed by atoms with E-state index in [4.69, 9.17) is 5.11 Å². The molecule has 1 fully saturated rings. The minimum absolute atomic E-state index is 0.0725. The molecule has 19 heavy (non-hydrogen) atoms. The van der Waals surface area contributed by atoms with Crippen LogP contribution in [0.1, 0.15) is 27.9 Å². The Hall–Kier alpha value is -1.88. The fourth-order valence-corrected chi connectivity index (χ4v) is 2.48. The Labute approximate surface area is 111 Å². The van der Waals surface area contributed by atoms with E-state index < -0.39 is 18.1 Å². The number of rotatable bonds is 2. The number of hydrogen-bond acceptors (Lipinski definition) is 3. The van der Waals surface area contributed by atoms with Crippen molar-refractivity contribution in [1.29, 1.82) is 0 Å². The lowest BCUT2D eigenvalue weighted by Gasteiger charge is -2.22. The van der Waals surface area contributed by atoms with E-state index >= 15 is 0 Å². The molecule has 1 aromatic rings. The number of benzene rings is 1. The van der Waals surface area contributed by atoms with E-state index in [-0.39, 0.29) is 18.9 Å². The molecule has 0 saturated carbocycles. The van der Waals surface area contributed by atoms with Gasteiger partial charge in [0.05, 0.1) is 6.10 Å². The number of aliphatic hydroxyl groups is 1. The van der Waals surface area contributed by atoms with Gasteiger partial charge in [0.25, 0.3) is 5.91 Å². The zero-order chi connectivity index (χ0) is 14.2. The number of aryl methyl sites for hydroxylation is 2. The molecule has 0 aliphatic carbocycles. The lowest BCUT2D eigenvalue weighted by atomic mass is 10.0. The van der Waals surface area contributed by atoms with Crippen LogP contribution in [0.4, 0.5) is 0 Å². The van der Waals surface area contributed by atoms with Crippen molar-refractivity contribution in [3.63, 3.8) is 0 Å². The topological polar surface area (TPSA) is 77.8 Å². The highest BCUT2D eigenvalue weighted by Crippen LogP contribution is 2.22. The first kappa shape index (κ1) is 13.5. The molecule has 5 heteroatoms. The monoisotopic (exact) mass is 263 g/mol. The standard InChI is InChI=1S/C14H17NO4/c1-8-3-4-11(9(2)5-8)13(17)15-7-10(16)6-12(15)14(18)19/h3-5,10,12,16H,6-7H2,1-2H3,(H,18,19). The summed E-state index contributed by atoms with van der Waals surface area (Å²) >= 11 is 0. The first-order chi connectivity index (χ1) is 8.90. The van der Waals surface area contributed by atoms with Crippen LogP contribution in [0.15, 0.2) is 18.2 Å². The van der Waals surface area contributed by atoms with Crippen LogP contribution in [0.5, 0.6) is 0 Å². The number of aliphatic hydroxyl groups excluding tert-OH is 1. The van der Waals surface area contributed by atoms with Gasteiger partial charge in [-0.1, -0.05) is 17.7 Å². The van der Waals surface area contributed by atoms with Crippen molar-refractivity contribution in [3.8, 4) is 0 Å². The number of aliphatic carboxylic acids is 1. The third-order valence-electron chi connectivity index (χ3n) is 3.44. The van der Waals surface area contributed by atoms with Crippen LogP contribution in [0.3, 0.4) is 0 Å². The van der Waals surface area contributed by atoms with Gasteiger partial charge in [-0.05, 0) is 25.5 Å². The molecule has 2 rings (SSSR count). The number of carboxylic acids is 1. The highest BCUT2D eigenvalue weighted by Gasteiger charge is 2.39. The fraction of sp³-hybridized carbons (Fsp3) is 0.429. The van der Waals surface area contributed by atoms with E-state index in [0.717, 1.165) is 11.1 Å². The maximum Gasteiger partial charge on any atom is 0.326 e. The van der Waals surface area contributed by atoms with Crippen molar-refractivity contribution in [2.75, 3.05) is 6.54 Å². The predicted molar refractivity (Wildman–Crippen MR) is 69.0 cm³/mol. The van der Waals surface area contributed by atoms with E-state index in [1.807, 2.05) is 26.0 Å². The average molecular weight is 263 g/mol. The molecular weight excluding hydrogens is 246 g/mol. The second-order valence-corrected chi connectivity index (χ2v) is 5.02. The zero-order valence-corrected chi connectivity index (χ0v) is 11.0. The number of carbonyl (C=O) groups excluding carboxylic acids is 1. The minimum Gasteiger partial charge on any atom is -0.480 e. The van der Waals surface area contributed by atoms with Crippen LogP contribution in [-0.2, 0) is 4.79 Å². The number of carbonyl (C=O) groups is 2. The molecule has 1 saturated heterocycles. The molecule has 2 unspecified atom stereocenters. The summed E-state index contributed by atoms with van der Waals surface area (Å²) in [4.78, 5) is 24.8. The average Bonchev–Trinajstić information content (AvgIpc) is 2.70. The molecule has 0 bridgehead atoms. The van der Waals surface area contributed by atoms with Gasteiger partial charge >= 0.3 is 5.97 Å². The first-order valence-electron chi connectivity index (χ1n) is 6.19. The Bertz CT molecular complexity index is 526. The molecular formula is C14H17NO4. The second kappa shape index (κ2) is 5.01. The summed E-state index contributed by atoms with van der Waals surface area (Å²) in [7, 11) is 0. The number of carboxylic acid groups (broad SMARTS) is 1. The smallest absolute Gasteiger partial charge is 0.326 e. The molecule has 1 aliphatic rings. The Morgan fingerprint density at radius 3 is 2.58 bits per heavy atom. The molecule has 2 N–H and O–H groups in total. The van der Waals surface area contributed by atoms with Gasteiger partial charge in [-0.2, -0.15) is 0 Å². The number of likely N-dealkylation sites (tertiary alicyclic amines) is 1. The van der Waals surface area contributed by atoms with E-state index in [0.29, 0.717) is 5.56 Å². The van der Waals surface area contributed by atoms with Crippen molar-refractivity contribution in [2.24, 2.45) is 0 Å². The summed E-state index contributed by atoms with van der Waals surface area (Å²) in [6.07, 6.45) is -0.679. The van der Waals surface area contributed by atoms with Gasteiger partial charge in [0, 0.05) is 18.5 Å². The third kappa shape index (κ3) is 2.61. The molecule has 1 aliphatic heterocycles. The number of nitrogens with zero attached hydrogens (tertiary/aromatic N) is 1. The quantitative estimate of drug-likeness (QED) is 0.833. The van der Waals surface area contributed by atoms with Crippen molar-refractivity contribution in [3.05, 3.63) is 34.9 Å². The highest BCUT2D eigenvalue weighted by atomic mass is 16.4. The van der Waals surface area contributed by atoms with Crippen LogP contribution >= 0.6 is 0 Å². The molecule has 1 heterocycles. The van der Waals surface area contributed by atoms with E-state index in [1.165, 1.54) is 4.90 Å². The summed E-state index contributed by atoms with van der Waals surface area (Å²) in [6.45, 7) is 3.83. The third-order valence-corrected chi connectivity index (χ3v) is 3.44. The predicted octanol–water partition coefficient (Wildman–Crippen LogP) is 0.963.